The fourth-order valence-corrected chi connectivity index (χ4v) is 2.27. The molecule has 0 aromatic heterocycles. The first-order valence-corrected chi connectivity index (χ1v) is 8.02. The van der Waals surface area contributed by atoms with E-state index in [1.54, 1.807) is 7.11 Å². The summed E-state index contributed by atoms with van der Waals surface area (Å²) in [6.07, 6.45) is 0.208. The van der Waals surface area contributed by atoms with Gasteiger partial charge in [-0.15, -0.1) is 0 Å². The molecule has 0 aliphatic carbocycles. The molecule has 0 aliphatic heterocycles. The summed E-state index contributed by atoms with van der Waals surface area (Å²) >= 11 is 0. The maximum Gasteiger partial charge on any atom is 0.141 e. The number of anilines is 1. The zero-order valence-electron chi connectivity index (χ0n) is 14.1. The van der Waals surface area contributed by atoms with Gasteiger partial charge in [-0.1, -0.05) is 24.3 Å². The molecule has 0 unspecified atom stereocenters. The van der Waals surface area contributed by atoms with Crippen molar-refractivity contribution in [1.82, 2.24) is 5.32 Å². The molecule has 2 aromatic carbocycles. The first kappa shape index (κ1) is 17.2. The second-order valence-corrected chi connectivity index (χ2v) is 5.61. The van der Waals surface area contributed by atoms with Crippen molar-refractivity contribution < 1.29 is 9.47 Å². The number of para-hydroxylation sites is 2. The maximum absolute atomic E-state index is 5.64. The van der Waals surface area contributed by atoms with Crippen LogP contribution < -0.4 is 20.1 Å². The van der Waals surface area contributed by atoms with Crippen molar-refractivity contribution >= 4 is 5.69 Å². The molecule has 124 valence electrons. The summed E-state index contributed by atoms with van der Waals surface area (Å²) in [4.78, 5) is 0. The van der Waals surface area contributed by atoms with Gasteiger partial charge in [0, 0.05) is 19.6 Å². The van der Waals surface area contributed by atoms with Crippen LogP contribution in [0, 0.1) is 0 Å². The Kier molecular flexibility index (Phi) is 6.76. The SMILES string of the molecule is COc1ccccc1NCCNCc1ccc(OC(C)C)cc1. The highest BCUT2D eigenvalue weighted by Gasteiger charge is 2.00. The van der Waals surface area contributed by atoms with Crippen molar-refractivity contribution in [2.45, 2.75) is 26.5 Å². The van der Waals surface area contributed by atoms with E-state index in [1.807, 2.05) is 50.2 Å². The molecule has 4 nitrogen and oxygen atoms in total. The van der Waals surface area contributed by atoms with Gasteiger partial charge in [0.1, 0.15) is 11.5 Å². The van der Waals surface area contributed by atoms with Crippen LogP contribution >= 0.6 is 0 Å². The van der Waals surface area contributed by atoms with Gasteiger partial charge in [0.2, 0.25) is 0 Å². The predicted molar refractivity (Wildman–Crippen MR) is 95.4 cm³/mol. The van der Waals surface area contributed by atoms with E-state index in [-0.39, 0.29) is 6.10 Å². The van der Waals surface area contributed by atoms with E-state index in [1.165, 1.54) is 5.56 Å². The van der Waals surface area contributed by atoms with E-state index >= 15 is 0 Å². The largest absolute Gasteiger partial charge is 0.495 e. The van der Waals surface area contributed by atoms with E-state index < -0.39 is 0 Å². The lowest BCUT2D eigenvalue weighted by molar-refractivity contribution is 0.242. The first-order chi connectivity index (χ1) is 11.2. The minimum absolute atomic E-state index is 0.208. The number of benzene rings is 2. The van der Waals surface area contributed by atoms with Crippen LogP contribution in [0.25, 0.3) is 0 Å². The Morgan fingerprint density at radius 3 is 2.39 bits per heavy atom. The summed E-state index contributed by atoms with van der Waals surface area (Å²) < 4.78 is 11.0. The molecule has 2 rings (SSSR count). The van der Waals surface area contributed by atoms with Gasteiger partial charge in [0.05, 0.1) is 18.9 Å². The minimum atomic E-state index is 0.208. The zero-order valence-corrected chi connectivity index (χ0v) is 14.1. The maximum atomic E-state index is 5.64. The summed E-state index contributed by atoms with van der Waals surface area (Å²) in [5, 5.41) is 6.80. The molecule has 0 heterocycles. The average molecular weight is 314 g/mol. The topological polar surface area (TPSA) is 42.5 Å². The lowest BCUT2D eigenvalue weighted by Crippen LogP contribution is -2.21. The molecule has 0 atom stereocenters. The highest BCUT2D eigenvalue weighted by Crippen LogP contribution is 2.22. The van der Waals surface area contributed by atoms with E-state index in [2.05, 4.69) is 22.8 Å². The van der Waals surface area contributed by atoms with Crippen molar-refractivity contribution in [3.05, 3.63) is 54.1 Å². The van der Waals surface area contributed by atoms with E-state index in [4.69, 9.17) is 9.47 Å². The van der Waals surface area contributed by atoms with Crippen molar-refractivity contribution in [1.29, 1.82) is 0 Å². The van der Waals surface area contributed by atoms with Crippen LogP contribution in [-0.4, -0.2) is 26.3 Å². The molecule has 23 heavy (non-hydrogen) atoms. The molecule has 0 radical (unpaired) electrons. The fraction of sp³-hybridized carbons (Fsp3) is 0.368. The van der Waals surface area contributed by atoms with Gasteiger partial charge in [-0.25, -0.2) is 0 Å². The van der Waals surface area contributed by atoms with Crippen LogP contribution in [0.3, 0.4) is 0 Å². The van der Waals surface area contributed by atoms with Crippen molar-refractivity contribution in [2.75, 3.05) is 25.5 Å². The number of hydrogen-bond acceptors (Lipinski definition) is 4. The Morgan fingerprint density at radius 1 is 0.957 bits per heavy atom. The van der Waals surface area contributed by atoms with Gasteiger partial charge in [-0.3, -0.25) is 0 Å². The van der Waals surface area contributed by atoms with Gasteiger partial charge in [-0.2, -0.15) is 0 Å². The van der Waals surface area contributed by atoms with Crippen LogP contribution in [0.1, 0.15) is 19.4 Å². The Morgan fingerprint density at radius 2 is 1.70 bits per heavy atom. The number of rotatable bonds is 9. The third-order valence-electron chi connectivity index (χ3n) is 3.35. The van der Waals surface area contributed by atoms with Crippen molar-refractivity contribution in [3.8, 4) is 11.5 Å². The smallest absolute Gasteiger partial charge is 0.141 e. The molecule has 0 spiro atoms. The van der Waals surface area contributed by atoms with Crippen molar-refractivity contribution in [3.63, 3.8) is 0 Å². The number of hydrogen-bond donors (Lipinski definition) is 2. The molecule has 0 saturated carbocycles. The monoisotopic (exact) mass is 314 g/mol. The molecule has 2 N–H and O–H groups in total. The van der Waals surface area contributed by atoms with E-state index in [0.29, 0.717) is 0 Å². The molecule has 4 heteroatoms. The Balaban J connectivity index is 1.69. The predicted octanol–water partition coefficient (Wildman–Crippen LogP) is 3.68. The lowest BCUT2D eigenvalue weighted by atomic mass is 10.2. The Bertz CT molecular complexity index is 582. The summed E-state index contributed by atoms with van der Waals surface area (Å²) in [5.74, 6) is 1.79. The molecule has 2 aromatic rings. The van der Waals surface area contributed by atoms with Crippen LogP contribution in [-0.2, 0) is 6.54 Å². The summed E-state index contributed by atoms with van der Waals surface area (Å²) in [5.41, 5.74) is 2.27. The van der Waals surface area contributed by atoms with E-state index in [9.17, 15) is 0 Å². The third-order valence-corrected chi connectivity index (χ3v) is 3.35. The summed E-state index contributed by atoms with van der Waals surface area (Å²) in [7, 11) is 1.69. The lowest BCUT2D eigenvalue weighted by Gasteiger charge is -2.12. The number of nitrogens with one attached hydrogen (secondary N) is 2. The summed E-state index contributed by atoms with van der Waals surface area (Å²) in [6.45, 7) is 6.63. The molecule has 0 fully saturated rings. The molecule has 0 aliphatic rings. The van der Waals surface area contributed by atoms with Crippen LogP contribution in [0.2, 0.25) is 0 Å². The van der Waals surface area contributed by atoms with Crippen LogP contribution in [0.15, 0.2) is 48.5 Å². The summed E-state index contributed by atoms with van der Waals surface area (Å²) in [6, 6.07) is 16.2. The third kappa shape index (κ3) is 5.83. The minimum Gasteiger partial charge on any atom is -0.495 e. The molecule has 0 amide bonds. The Labute approximate surface area is 138 Å². The van der Waals surface area contributed by atoms with Gasteiger partial charge in [-0.05, 0) is 43.7 Å². The average Bonchev–Trinajstić information content (AvgIpc) is 2.56. The van der Waals surface area contributed by atoms with E-state index in [0.717, 1.165) is 36.8 Å². The highest BCUT2D eigenvalue weighted by atomic mass is 16.5. The second-order valence-electron chi connectivity index (χ2n) is 5.61. The van der Waals surface area contributed by atoms with Gasteiger partial charge < -0.3 is 20.1 Å². The normalized spacial score (nSPS) is 10.6. The standard InChI is InChI=1S/C19H26N2O2/c1-15(2)23-17-10-8-16(9-11-17)14-20-12-13-21-18-6-4-5-7-19(18)22-3/h4-11,15,20-21H,12-14H2,1-3H3. The molecule has 0 bridgehead atoms. The first-order valence-electron chi connectivity index (χ1n) is 8.02. The number of methoxy groups -OCH3 is 1. The van der Waals surface area contributed by atoms with Crippen LogP contribution in [0.5, 0.6) is 11.5 Å². The number of ether oxygens (including phenoxy) is 2. The van der Waals surface area contributed by atoms with Gasteiger partial charge in [0.15, 0.2) is 0 Å². The quantitative estimate of drug-likeness (QED) is 0.693. The van der Waals surface area contributed by atoms with Gasteiger partial charge in [0.25, 0.3) is 0 Å². The fourth-order valence-electron chi connectivity index (χ4n) is 2.27. The van der Waals surface area contributed by atoms with Gasteiger partial charge >= 0.3 is 0 Å². The van der Waals surface area contributed by atoms with Crippen molar-refractivity contribution in [2.24, 2.45) is 0 Å². The second kappa shape index (κ2) is 9.06. The molecular formula is C19H26N2O2. The van der Waals surface area contributed by atoms with Crippen LogP contribution in [0.4, 0.5) is 5.69 Å². The zero-order chi connectivity index (χ0) is 16.5. The molecule has 0 saturated heterocycles. The molecular weight excluding hydrogens is 288 g/mol. The Hall–Kier alpha value is -2.20. The highest BCUT2D eigenvalue weighted by molar-refractivity contribution is 5.56.